The third-order valence-corrected chi connectivity index (χ3v) is 2.80. The van der Waals surface area contributed by atoms with E-state index in [1.807, 2.05) is 26.0 Å². The van der Waals surface area contributed by atoms with Crippen LogP contribution in [0.5, 0.6) is 0 Å². The second-order valence-corrected chi connectivity index (χ2v) is 4.34. The highest BCUT2D eigenvalue weighted by molar-refractivity contribution is 5.69. The first-order valence-electron chi connectivity index (χ1n) is 6.06. The Morgan fingerprint density at radius 3 is 2.83 bits per heavy atom. The molecule has 2 N–H and O–H groups in total. The minimum atomic E-state index is -0.826. The third kappa shape index (κ3) is 3.77. The second kappa shape index (κ2) is 6.65. The maximum Gasteiger partial charge on any atom is 0.305 e. The molecule has 4 nitrogen and oxygen atoms in total. The molecule has 0 saturated carbocycles. The van der Waals surface area contributed by atoms with Gasteiger partial charge in [-0.05, 0) is 25.0 Å². The van der Waals surface area contributed by atoms with E-state index in [9.17, 15) is 4.79 Å². The molecule has 1 atom stereocenters. The molecule has 0 aliphatic heterocycles. The summed E-state index contributed by atoms with van der Waals surface area (Å²) in [5, 5.41) is 21.1. The van der Waals surface area contributed by atoms with Gasteiger partial charge in [0, 0.05) is 6.04 Å². The molecule has 0 fully saturated rings. The van der Waals surface area contributed by atoms with Gasteiger partial charge < -0.3 is 10.4 Å². The summed E-state index contributed by atoms with van der Waals surface area (Å²) in [6.07, 6.45) is 1.73. The number of rotatable bonds is 6. The number of aliphatic carboxylic acids is 1. The van der Waals surface area contributed by atoms with E-state index >= 15 is 0 Å². The summed E-state index contributed by atoms with van der Waals surface area (Å²) in [7, 11) is 0. The van der Waals surface area contributed by atoms with Crippen molar-refractivity contribution in [2.24, 2.45) is 0 Å². The number of hydrogen-bond acceptors (Lipinski definition) is 3. The van der Waals surface area contributed by atoms with E-state index in [1.165, 1.54) is 0 Å². The molecule has 0 heterocycles. The van der Waals surface area contributed by atoms with Gasteiger partial charge in [-0.25, -0.2) is 0 Å². The van der Waals surface area contributed by atoms with Crippen LogP contribution in [-0.4, -0.2) is 17.1 Å². The lowest BCUT2D eigenvalue weighted by Crippen LogP contribution is -2.24. The van der Waals surface area contributed by atoms with E-state index in [0.29, 0.717) is 5.56 Å². The summed E-state index contributed by atoms with van der Waals surface area (Å²) in [5.74, 6) is -0.826. The van der Waals surface area contributed by atoms with Crippen molar-refractivity contribution in [3.8, 4) is 6.07 Å². The summed E-state index contributed by atoms with van der Waals surface area (Å²) in [5.41, 5.74) is 2.27. The van der Waals surface area contributed by atoms with Crippen LogP contribution in [0.15, 0.2) is 18.2 Å². The lowest BCUT2D eigenvalue weighted by molar-refractivity contribution is -0.137. The number of nitriles is 1. The van der Waals surface area contributed by atoms with Gasteiger partial charge >= 0.3 is 5.97 Å². The van der Waals surface area contributed by atoms with Crippen LogP contribution in [-0.2, 0) is 4.79 Å². The molecule has 0 amide bonds. The van der Waals surface area contributed by atoms with Crippen LogP contribution in [0.2, 0.25) is 0 Å². The zero-order chi connectivity index (χ0) is 13.5. The van der Waals surface area contributed by atoms with Gasteiger partial charge in [0.05, 0.1) is 17.7 Å². The number of anilines is 1. The van der Waals surface area contributed by atoms with Crippen molar-refractivity contribution in [1.29, 1.82) is 5.26 Å². The van der Waals surface area contributed by atoms with Gasteiger partial charge in [0.1, 0.15) is 6.07 Å². The zero-order valence-electron chi connectivity index (χ0n) is 10.7. The lowest BCUT2D eigenvalue weighted by Gasteiger charge is -2.20. The number of carboxylic acids is 1. The monoisotopic (exact) mass is 246 g/mol. The molecular formula is C14H18N2O2. The fraction of sp³-hybridized carbons (Fsp3) is 0.429. The number of carbonyl (C=O) groups is 1. The van der Waals surface area contributed by atoms with Gasteiger partial charge in [-0.15, -0.1) is 0 Å². The van der Waals surface area contributed by atoms with Gasteiger partial charge in [0.15, 0.2) is 0 Å². The lowest BCUT2D eigenvalue weighted by atomic mass is 10.0. The molecule has 0 spiro atoms. The highest BCUT2D eigenvalue weighted by Gasteiger charge is 2.15. The smallest absolute Gasteiger partial charge is 0.305 e. The summed E-state index contributed by atoms with van der Waals surface area (Å²) in [6.45, 7) is 3.92. The van der Waals surface area contributed by atoms with Crippen LogP contribution < -0.4 is 5.32 Å². The van der Waals surface area contributed by atoms with Crippen LogP contribution in [0.3, 0.4) is 0 Å². The Labute approximate surface area is 107 Å². The van der Waals surface area contributed by atoms with Crippen molar-refractivity contribution >= 4 is 11.7 Å². The maximum absolute atomic E-state index is 10.8. The number of benzene rings is 1. The van der Waals surface area contributed by atoms with Gasteiger partial charge in [-0.3, -0.25) is 4.79 Å². The zero-order valence-corrected chi connectivity index (χ0v) is 10.7. The summed E-state index contributed by atoms with van der Waals surface area (Å²) >= 11 is 0. The molecule has 1 aromatic carbocycles. The van der Waals surface area contributed by atoms with Crippen molar-refractivity contribution < 1.29 is 9.90 Å². The van der Waals surface area contributed by atoms with Crippen LogP contribution in [0.4, 0.5) is 5.69 Å². The third-order valence-electron chi connectivity index (χ3n) is 2.80. The van der Waals surface area contributed by atoms with Gasteiger partial charge in [0.25, 0.3) is 0 Å². The number of nitrogens with one attached hydrogen (secondary N) is 1. The molecule has 0 aliphatic rings. The standard InChI is InChI=1S/C14H18N2O2/c1-3-5-12(8-13(17)18)16-14-10(2)6-4-7-11(14)9-15/h4,6-7,12,16H,3,5,8H2,1-2H3,(H,17,18). The minimum Gasteiger partial charge on any atom is -0.481 e. The van der Waals surface area contributed by atoms with Gasteiger partial charge in [0.2, 0.25) is 0 Å². The quantitative estimate of drug-likeness (QED) is 0.809. The molecule has 0 aromatic heterocycles. The molecule has 0 radical (unpaired) electrons. The second-order valence-electron chi connectivity index (χ2n) is 4.34. The number of hydrogen-bond donors (Lipinski definition) is 2. The van der Waals surface area contributed by atoms with Crippen molar-refractivity contribution in [3.63, 3.8) is 0 Å². The van der Waals surface area contributed by atoms with Crippen molar-refractivity contribution in [2.75, 3.05) is 5.32 Å². The van der Waals surface area contributed by atoms with Crippen LogP contribution in [0.1, 0.15) is 37.3 Å². The maximum atomic E-state index is 10.8. The van der Waals surface area contributed by atoms with Crippen LogP contribution >= 0.6 is 0 Å². The molecule has 1 unspecified atom stereocenters. The Bertz CT molecular complexity index is 463. The molecule has 0 bridgehead atoms. The number of para-hydroxylation sites is 1. The Kier molecular flexibility index (Phi) is 5.19. The fourth-order valence-electron chi connectivity index (χ4n) is 1.94. The molecule has 1 rings (SSSR count). The van der Waals surface area contributed by atoms with E-state index in [4.69, 9.17) is 10.4 Å². The van der Waals surface area contributed by atoms with Gasteiger partial charge in [-0.1, -0.05) is 25.5 Å². The Balaban J connectivity index is 2.93. The highest BCUT2D eigenvalue weighted by atomic mass is 16.4. The molecular weight excluding hydrogens is 228 g/mol. The predicted octanol–water partition coefficient (Wildman–Crippen LogP) is 2.92. The average molecular weight is 246 g/mol. The summed E-state index contributed by atoms with van der Waals surface area (Å²) in [4.78, 5) is 10.8. The normalized spacial score (nSPS) is 11.6. The van der Waals surface area contributed by atoms with E-state index in [1.54, 1.807) is 6.07 Å². The minimum absolute atomic E-state index is 0.0625. The van der Waals surface area contributed by atoms with E-state index in [-0.39, 0.29) is 12.5 Å². The van der Waals surface area contributed by atoms with Gasteiger partial charge in [-0.2, -0.15) is 5.26 Å². The predicted molar refractivity (Wildman–Crippen MR) is 70.5 cm³/mol. The first kappa shape index (κ1) is 14.0. The average Bonchev–Trinajstić information content (AvgIpc) is 2.31. The number of carboxylic acid groups (broad SMARTS) is 1. The molecule has 96 valence electrons. The van der Waals surface area contributed by atoms with Crippen molar-refractivity contribution in [1.82, 2.24) is 0 Å². The van der Waals surface area contributed by atoms with Crippen LogP contribution in [0.25, 0.3) is 0 Å². The van der Waals surface area contributed by atoms with Crippen molar-refractivity contribution in [3.05, 3.63) is 29.3 Å². The Morgan fingerprint density at radius 1 is 1.56 bits per heavy atom. The van der Waals surface area contributed by atoms with E-state index < -0.39 is 5.97 Å². The largest absolute Gasteiger partial charge is 0.481 e. The summed E-state index contributed by atoms with van der Waals surface area (Å²) < 4.78 is 0. The molecule has 18 heavy (non-hydrogen) atoms. The highest BCUT2D eigenvalue weighted by Crippen LogP contribution is 2.22. The number of nitrogens with zero attached hydrogens (tertiary/aromatic N) is 1. The summed E-state index contributed by atoms with van der Waals surface area (Å²) in [6, 6.07) is 7.46. The SMILES string of the molecule is CCCC(CC(=O)O)Nc1c(C)cccc1C#N. The fourth-order valence-corrected chi connectivity index (χ4v) is 1.94. The van der Waals surface area contributed by atoms with E-state index in [2.05, 4.69) is 11.4 Å². The Morgan fingerprint density at radius 2 is 2.28 bits per heavy atom. The van der Waals surface area contributed by atoms with E-state index in [0.717, 1.165) is 24.1 Å². The van der Waals surface area contributed by atoms with Crippen molar-refractivity contribution in [2.45, 2.75) is 39.2 Å². The topological polar surface area (TPSA) is 73.1 Å². The molecule has 0 saturated heterocycles. The Hall–Kier alpha value is -2.02. The number of aryl methyl sites for hydroxylation is 1. The molecule has 1 aromatic rings. The first-order chi connectivity index (χ1) is 8.58. The molecule has 4 heteroatoms. The van der Waals surface area contributed by atoms with Crippen LogP contribution in [0, 0.1) is 18.3 Å². The molecule has 0 aliphatic carbocycles. The first-order valence-corrected chi connectivity index (χ1v) is 6.06.